The Morgan fingerprint density at radius 3 is 2.00 bits per heavy atom. The highest BCUT2D eigenvalue weighted by molar-refractivity contribution is 5.83. The lowest BCUT2D eigenvalue weighted by Gasteiger charge is -2.25. The molecule has 0 aliphatic rings. The molecule has 0 unspecified atom stereocenters. The third kappa shape index (κ3) is 8.91. The molecule has 0 saturated heterocycles. The quantitative estimate of drug-likeness (QED) is 0.159. The lowest BCUT2D eigenvalue weighted by Crippen LogP contribution is -2.36. The molecule has 37 heavy (non-hydrogen) atoms. The van der Waals surface area contributed by atoms with E-state index in [0.29, 0.717) is 40.5 Å². The fraction of sp³-hybridized carbons (Fsp3) is 0.360. The van der Waals surface area contributed by atoms with Crippen LogP contribution in [0.1, 0.15) is 10.4 Å². The van der Waals surface area contributed by atoms with Gasteiger partial charge in [-0.3, -0.25) is 19.2 Å². The zero-order valence-corrected chi connectivity index (χ0v) is 21.1. The number of anilines is 2. The fourth-order valence-corrected chi connectivity index (χ4v) is 3.09. The number of carbonyl (C=O) groups excluding carboxylic acids is 4. The third-order valence-corrected chi connectivity index (χ3v) is 4.99. The van der Waals surface area contributed by atoms with Crippen molar-refractivity contribution in [3.63, 3.8) is 0 Å². The van der Waals surface area contributed by atoms with Gasteiger partial charge in [0.1, 0.15) is 56.4 Å². The summed E-state index contributed by atoms with van der Waals surface area (Å²) in [6.07, 6.45) is 0.674. The van der Waals surface area contributed by atoms with Gasteiger partial charge in [0.25, 0.3) is 0 Å². The molecule has 0 aliphatic carbocycles. The van der Waals surface area contributed by atoms with Gasteiger partial charge in [-0.05, 0) is 30.3 Å². The van der Waals surface area contributed by atoms with Crippen molar-refractivity contribution < 1.29 is 47.6 Å². The van der Waals surface area contributed by atoms with Crippen molar-refractivity contribution in [2.75, 3.05) is 71.5 Å². The van der Waals surface area contributed by atoms with Crippen molar-refractivity contribution in [3.05, 3.63) is 42.0 Å². The Morgan fingerprint density at radius 1 is 0.811 bits per heavy atom. The Morgan fingerprint density at radius 2 is 1.43 bits per heavy atom. The molecule has 1 N–H and O–H groups in total. The molecule has 0 radical (unpaired) electrons. The molecule has 2 aromatic carbocycles. The SMILES string of the molecule is COC(=O)CNc1ccc(C=O)cc1OCCOc1cc(OC)ccc1N(CC(=O)OC)CC(=O)OC. The lowest BCUT2D eigenvalue weighted by atomic mass is 10.2. The lowest BCUT2D eigenvalue weighted by molar-refractivity contribution is -0.140. The number of methoxy groups -OCH3 is 4. The van der Waals surface area contributed by atoms with E-state index >= 15 is 0 Å². The maximum atomic E-state index is 12.0. The summed E-state index contributed by atoms with van der Waals surface area (Å²) in [7, 11) is 5.26. The first-order valence-electron chi connectivity index (χ1n) is 11.1. The van der Waals surface area contributed by atoms with Gasteiger partial charge in [-0.1, -0.05) is 0 Å². The van der Waals surface area contributed by atoms with E-state index in [2.05, 4.69) is 10.1 Å². The average molecular weight is 519 g/mol. The van der Waals surface area contributed by atoms with Crippen molar-refractivity contribution >= 4 is 35.6 Å². The zero-order valence-electron chi connectivity index (χ0n) is 21.1. The molecule has 12 heteroatoms. The van der Waals surface area contributed by atoms with Crippen LogP contribution in [-0.2, 0) is 28.6 Å². The van der Waals surface area contributed by atoms with Crippen molar-refractivity contribution in [3.8, 4) is 17.2 Å². The number of nitrogens with zero attached hydrogens (tertiary/aromatic N) is 1. The summed E-state index contributed by atoms with van der Waals surface area (Å²) >= 11 is 0. The predicted octanol–water partition coefficient (Wildman–Crippen LogP) is 1.70. The first-order chi connectivity index (χ1) is 17.8. The van der Waals surface area contributed by atoms with Crippen LogP contribution in [0, 0.1) is 0 Å². The zero-order chi connectivity index (χ0) is 27.2. The van der Waals surface area contributed by atoms with Gasteiger partial charge in [-0.2, -0.15) is 0 Å². The molecule has 0 spiro atoms. The van der Waals surface area contributed by atoms with E-state index < -0.39 is 17.9 Å². The number of ether oxygens (including phenoxy) is 6. The van der Waals surface area contributed by atoms with E-state index in [1.165, 1.54) is 39.4 Å². The Hall–Kier alpha value is -4.48. The minimum Gasteiger partial charge on any atom is -0.497 e. The number of esters is 3. The van der Waals surface area contributed by atoms with Gasteiger partial charge in [0.2, 0.25) is 0 Å². The van der Waals surface area contributed by atoms with Crippen LogP contribution < -0.4 is 24.4 Å². The van der Waals surface area contributed by atoms with Gasteiger partial charge < -0.3 is 38.6 Å². The molecule has 200 valence electrons. The third-order valence-electron chi connectivity index (χ3n) is 4.99. The second-order valence-corrected chi connectivity index (χ2v) is 7.34. The smallest absolute Gasteiger partial charge is 0.325 e. The maximum absolute atomic E-state index is 12.0. The first-order valence-corrected chi connectivity index (χ1v) is 11.1. The normalized spacial score (nSPS) is 10.1. The number of carbonyl (C=O) groups is 4. The average Bonchev–Trinajstić information content (AvgIpc) is 2.93. The minimum atomic E-state index is -0.559. The standard InChI is InChI=1S/C25H30N2O10/c1-32-18-6-8-20(27(14-24(30)34-3)15-25(31)35-4)22(12-18)37-10-9-36-21-11-17(16-28)5-7-19(21)26-13-23(29)33-2/h5-8,11-12,16,26H,9-10,13-15H2,1-4H3. The summed E-state index contributed by atoms with van der Waals surface area (Å²) in [5, 5.41) is 2.89. The first kappa shape index (κ1) is 28.8. The van der Waals surface area contributed by atoms with Crippen LogP contribution in [0.5, 0.6) is 17.2 Å². The highest BCUT2D eigenvalue weighted by atomic mass is 16.5. The number of hydrogen-bond donors (Lipinski definition) is 1. The van der Waals surface area contributed by atoms with E-state index in [1.807, 2.05) is 0 Å². The summed E-state index contributed by atoms with van der Waals surface area (Å²) in [6, 6.07) is 9.62. The molecule has 0 bridgehead atoms. The van der Waals surface area contributed by atoms with Gasteiger partial charge >= 0.3 is 17.9 Å². The Kier molecular flexibility index (Phi) is 11.5. The molecular formula is C25H30N2O10. The molecular weight excluding hydrogens is 488 g/mol. The van der Waals surface area contributed by atoms with E-state index in [9.17, 15) is 19.2 Å². The predicted molar refractivity (Wildman–Crippen MR) is 133 cm³/mol. The second-order valence-electron chi connectivity index (χ2n) is 7.34. The van der Waals surface area contributed by atoms with Gasteiger partial charge in [-0.25, -0.2) is 0 Å². The van der Waals surface area contributed by atoms with Crippen LogP contribution in [0.4, 0.5) is 11.4 Å². The van der Waals surface area contributed by atoms with E-state index in [1.54, 1.807) is 30.3 Å². The van der Waals surface area contributed by atoms with E-state index in [4.69, 9.17) is 23.7 Å². The molecule has 12 nitrogen and oxygen atoms in total. The van der Waals surface area contributed by atoms with Crippen LogP contribution in [0.2, 0.25) is 0 Å². The molecule has 0 saturated carbocycles. The van der Waals surface area contributed by atoms with Crippen LogP contribution >= 0.6 is 0 Å². The summed E-state index contributed by atoms with van der Waals surface area (Å²) < 4.78 is 31.1. The van der Waals surface area contributed by atoms with Crippen LogP contribution in [0.25, 0.3) is 0 Å². The number of aldehydes is 1. The summed E-state index contributed by atoms with van der Waals surface area (Å²) in [4.78, 5) is 48.0. The van der Waals surface area contributed by atoms with Crippen LogP contribution in [-0.4, -0.2) is 85.5 Å². The molecule has 0 amide bonds. The van der Waals surface area contributed by atoms with Gasteiger partial charge in [0.15, 0.2) is 0 Å². The highest BCUT2D eigenvalue weighted by Crippen LogP contribution is 2.33. The van der Waals surface area contributed by atoms with E-state index in [0.717, 1.165) is 0 Å². The van der Waals surface area contributed by atoms with Crippen molar-refractivity contribution in [2.24, 2.45) is 0 Å². The number of hydrogen-bond acceptors (Lipinski definition) is 12. The molecule has 2 aromatic rings. The van der Waals surface area contributed by atoms with Crippen LogP contribution in [0.15, 0.2) is 36.4 Å². The number of benzene rings is 2. The number of rotatable bonds is 15. The molecule has 0 aromatic heterocycles. The largest absolute Gasteiger partial charge is 0.497 e. The minimum absolute atomic E-state index is 0.0478. The van der Waals surface area contributed by atoms with Gasteiger partial charge in [0, 0.05) is 11.6 Å². The molecule has 0 atom stereocenters. The Bertz CT molecular complexity index is 1070. The van der Waals surface area contributed by atoms with Gasteiger partial charge in [-0.15, -0.1) is 0 Å². The Labute approximate surface area is 214 Å². The maximum Gasteiger partial charge on any atom is 0.325 e. The Balaban J connectivity index is 2.18. The molecule has 2 rings (SSSR count). The monoisotopic (exact) mass is 518 g/mol. The summed E-state index contributed by atoms with van der Waals surface area (Å²) in [5.41, 5.74) is 1.30. The highest BCUT2D eigenvalue weighted by Gasteiger charge is 2.20. The van der Waals surface area contributed by atoms with Crippen molar-refractivity contribution in [1.82, 2.24) is 0 Å². The molecule has 0 aliphatic heterocycles. The second kappa shape index (κ2) is 14.8. The molecule has 0 heterocycles. The topological polar surface area (TPSA) is 139 Å². The van der Waals surface area contributed by atoms with Gasteiger partial charge in [0.05, 0.1) is 39.8 Å². The molecule has 0 fully saturated rings. The fourth-order valence-electron chi connectivity index (χ4n) is 3.09. The van der Waals surface area contributed by atoms with E-state index in [-0.39, 0.29) is 32.8 Å². The van der Waals surface area contributed by atoms with Crippen molar-refractivity contribution in [1.29, 1.82) is 0 Å². The summed E-state index contributed by atoms with van der Waals surface area (Å²) in [5.74, 6) is -0.444. The van der Waals surface area contributed by atoms with Crippen LogP contribution in [0.3, 0.4) is 0 Å². The van der Waals surface area contributed by atoms with Crippen molar-refractivity contribution in [2.45, 2.75) is 0 Å². The number of nitrogens with one attached hydrogen (secondary N) is 1. The summed E-state index contributed by atoms with van der Waals surface area (Å²) in [6.45, 7) is -0.434.